The minimum Gasteiger partial charge on any atom is -0.444 e. The first-order valence-electron chi connectivity index (χ1n) is 9.12. The molecule has 2 aromatic carbocycles. The van der Waals surface area contributed by atoms with E-state index in [4.69, 9.17) is 4.74 Å². The highest BCUT2D eigenvalue weighted by Crippen LogP contribution is 2.29. The summed E-state index contributed by atoms with van der Waals surface area (Å²) in [4.78, 5) is 37.1. The molecule has 7 nitrogen and oxygen atoms in total. The fraction of sp³-hybridized carbons (Fsp3) is 0.286. The van der Waals surface area contributed by atoms with E-state index in [0.717, 1.165) is 6.07 Å². The summed E-state index contributed by atoms with van der Waals surface area (Å²) in [5, 5.41) is 7.61. The van der Waals surface area contributed by atoms with Gasteiger partial charge < -0.3 is 20.7 Å². The molecule has 0 spiro atoms. The molecule has 0 saturated heterocycles. The van der Waals surface area contributed by atoms with Crippen molar-refractivity contribution in [1.82, 2.24) is 5.32 Å². The number of benzene rings is 2. The molecule has 0 aliphatic heterocycles. The van der Waals surface area contributed by atoms with E-state index in [2.05, 4.69) is 31.9 Å². The molecule has 0 bridgehead atoms. The number of hydrogen-bond acceptors (Lipinski definition) is 4. The Morgan fingerprint density at radius 2 is 1.67 bits per heavy atom. The number of ether oxygens (including phenoxy) is 1. The van der Waals surface area contributed by atoms with Crippen molar-refractivity contribution in [3.63, 3.8) is 0 Å². The number of carbonyl (C=O) groups is 3. The van der Waals surface area contributed by atoms with Gasteiger partial charge in [0.05, 0.1) is 15.7 Å². The maximum atomic E-state index is 14.1. The average molecular weight is 480 g/mol. The lowest BCUT2D eigenvalue weighted by Gasteiger charge is -2.22. The number of alkyl carbamates (subject to hydrolysis) is 1. The van der Waals surface area contributed by atoms with Crippen molar-refractivity contribution in [2.45, 2.75) is 39.3 Å². The molecule has 2 aromatic rings. The summed E-state index contributed by atoms with van der Waals surface area (Å²) < 4.78 is 19.1. The van der Waals surface area contributed by atoms with Crippen LogP contribution in [0.15, 0.2) is 46.9 Å². The monoisotopic (exact) mass is 479 g/mol. The number of carbonyl (C=O) groups excluding carboxylic acids is 3. The quantitative estimate of drug-likeness (QED) is 0.579. The van der Waals surface area contributed by atoms with Gasteiger partial charge in [-0.15, -0.1) is 0 Å². The molecule has 0 aliphatic rings. The number of para-hydroxylation sites is 1. The van der Waals surface area contributed by atoms with Crippen molar-refractivity contribution in [3.8, 4) is 0 Å². The third kappa shape index (κ3) is 6.55. The number of hydrogen-bond donors (Lipinski definition) is 3. The molecule has 0 fully saturated rings. The first-order valence-corrected chi connectivity index (χ1v) is 9.92. The zero-order valence-corrected chi connectivity index (χ0v) is 18.6. The van der Waals surface area contributed by atoms with E-state index in [-0.39, 0.29) is 15.7 Å². The molecule has 0 radical (unpaired) electrons. The van der Waals surface area contributed by atoms with Crippen LogP contribution in [0.1, 0.15) is 38.1 Å². The van der Waals surface area contributed by atoms with E-state index < -0.39 is 35.4 Å². The topological polar surface area (TPSA) is 96.5 Å². The van der Waals surface area contributed by atoms with Gasteiger partial charge in [-0.1, -0.05) is 18.2 Å². The van der Waals surface area contributed by atoms with Crippen LogP contribution in [-0.4, -0.2) is 29.6 Å². The fourth-order valence-electron chi connectivity index (χ4n) is 2.38. The van der Waals surface area contributed by atoms with Crippen LogP contribution in [0.3, 0.4) is 0 Å². The van der Waals surface area contributed by atoms with Gasteiger partial charge in [0.2, 0.25) is 5.91 Å². The van der Waals surface area contributed by atoms with Crippen LogP contribution in [0.5, 0.6) is 0 Å². The van der Waals surface area contributed by atoms with Gasteiger partial charge in [0.25, 0.3) is 5.91 Å². The Hall–Kier alpha value is -2.94. The Kier molecular flexibility index (Phi) is 7.55. The highest BCUT2D eigenvalue weighted by molar-refractivity contribution is 9.10. The van der Waals surface area contributed by atoms with Gasteiger partial charge in [-0.3, -0.25) is 9.59 Å². The predicted octanol–water partition coefficient (Wildman–Crippen LogP) is 4.69. The summed E-state index contributed by atoms with van der Waals surface area (Å²) in [7, 11) is 0. The van der Waals surface area contributed by atoms with E-state index in [9.17, 15) is 18.8 Å². The molecular weight excluding hydrogens is 457 g/mol. The molecule has 2 rings (SSSR count). The van der Waals surface area contributed by atoms with Crippen molar-refractivity contribution >= 4 is 45.2 Å². The van der Waals surface area contributed by atoms with E-state index in [1.165, 1.54) is 13.0 Å². The van der Waals surface area contributed by atoms with Gasteiger partial charge in [-0.2, -0.15) is 0 Å². The molecular formula is C21H23BrFN3O4. The zero-order valence-electron chi connectivity index (χ0n) is 17.0. The molecule has 1 atom stereocenters. The third-order valence-electron chi connectivity index (χ3n) is 3.74. The zero-order chi connectivity index (χ0) is 22.5. The standard InChI is InChI=1S/C21H23BrFN3O4/c1-12(24-20(29)30-21(2,3)4)18(27)26-15-11-10-14(23)17(22)16(15)19(28)25-13-8-6-5-7-9-13/h5-12H,1-4H3,(H,24,29)(H,25,28)(H,26,27). The molecule has 30 heavy (non-hydrogen) atoms. The highest BCUT2D eigenvalue weighted by atomic mass is 79.9. The molecule has 0 saturated carbocycles. The van der Waals surface area contributed by atoms with Crippen molar-refractivity contribution < 1.29 is 23.5 Å². The molecule has 3 N–H and O–H groups in total. The Balaban J connectivity index is 2.19. The maximum Gasteiger partial charge on any atom is 0.408 e. The SMILES string of the molecule is CC(NC(=O)OC(C)(C)C)C(=O)Nc1ccc(F)c(Br)c1C(=O)Nc1ccccc1. The Morgan fingerprint density at radius 1 is 1.03 bits per heavy atom. The number of halogens is 2. The summed E-state index contributed by atoms with van der Waals surface area (Å²) >= 11 is 3.07. The van der Waals surface area contributed by atoms with Gasteiger partial charge in [-0.05, 0) is 67.9 Å². The second-order valence-electron chi connectivity index (χ2n) is 7.46. The molecule has 160 valence electrons. The van der Waals surface area contributed by atoms with Crippen LogP contribution in [0.25, 0.3) is 0 Å². The first kappa shape index (κ1) is 23.3. The maximum absolute atomic E-state index is 14.1. The summed E-state index contributed by atoms with van der Waals surface area (Å²) in [5.74, 6) is -1.88. The van der Waals surface area contributed by atoms with E-state index in [0.29, 0.717) is 5.69 Å². The van der Waals surface area contributed by atoms with E-state index >= 15 is 0 Å². The van der Waals surface area contributed by atoms with Crippen LogP contribution in [-0.2, 0) is 9.53 Å². The summed E-state index contributed by atoms with van der Waals surface area (Å²) in [6.45, 7) is 6.56. The normalized spacial score (nSPS) is 11.9. The summed E-state index contributed by atoms with van der Waals surface area (Å²) in [6.07, 6.45) is -0.757. The third-order valence-corrected chi connectivity index (χ3v) is 4.51. The lowest BCUT2D eigenvalue weighted by atomic mass is 10.1. The molecule has 0 aromatic heterocycles. The van der Waals surface area contributed by atoms with Crippen molar-refractivity contribution in [1.29, 1.82) is 0 Å². The summed E-state index contributed by atoms with van der Waals surface area (Å²) in [6, 6.07) is 10.0. The van der Waals surface area contributed by atoms with Crippen molar-refractivity contribution in [3.05, 3.63) is 58.3 Å². The van der Waals surface area contributed by atoms with Crippen molar-refractivity contribution in [2.75, 3.05) is 10.6 Å². The van der Waals surface area contributed by atoms with Gasteiger partial charge >= 0.3 is 6.09 Å². The second kappa shape index (κ2) is 9.71. The summed E-state index contributed by atoms with van der Waals surface area (Å²) in [5.41, 5.74) is -0.211. The lowest BCUT2D eigenvalue weighted by molar-refractivity contribution is -0.117. The minimum absolute atomic E-state index is 0.0829. The molecule has 1 unspecified atom stereocenters. The predicted molar refractivity (Wildman–Crippen MR) is 116 cm³/mol. The van der Waals surface area contributed by atoms with Crippen LogP contribution in [0.2, 0.25) is 0 Å². The molecule has 0 heterocycles. The first-order chi connectivity index (χ1) is 14.0. The van der Waals surface area contributed by atoms with E-state index in [1.807, 2.05) is 0 Å². The Morgan fingerprint density at radius 3 is 2.27 bits per heavy atom. The van der Waals surface area contributed by atoms with Crippen LogP contribution in [0.4, 0.5) is 20.6 Å². The smallest absolute Gasteiger partial charge is 0.408 e. The fourth-order valence-corrected chi connectivity index (χ4v) is 2.91. The number of anilines is 2. The minimum atomic E-state index is -0.964. The number of amides is 3. The van der Waals surface area contributed by atoms with Gasteiger partial charge in [0.1, 0.15) is 17.5 Å². The van der Waals surface area contributed by atoms with Gasteiger partial charge in [-0.25, -0.2) is 9.18 Å². The lowest BCUT2D eigenvalue weighted by Crippen LogP contribution is -2.44. The Bertz CT molecular complexity index is 945. The highest BCUT2D eigenvalue weighted by Gasteiger charge is 2.24. The van der Waals surface area contributed by atoms with Crippen LogP contribution >= 0.6 is 15.9 Å². The van der Waals surface area contributed by atoms with E-state index in [1.54, 1.807) is 51.1 Å². The molecule has 3 amide bonds. The number of rotatable bonds is 5. The van der Waals surface area contributed by atoms with Crippen LogP contribution in [0, 0.1) is 5.82 Å². The van der Waals surface area contributed by atoms with Crippen LogP contribution < -0.4 is 16.0 Å². The Labute approximate surface area is 182 Å². The van der Waals surface area contributed by atoms with Gasteiger partial charge in [0.15, 0.2) is 0 Å². The van der Waals surface area contributed by atoms with Gasteiger partial charge in [0, 0.05) is 5.69 Å². The molecule has 9 heteroatoms. The van der Waals surface area contributed by atoms with Crippen molar-refractivity contribution in [2.24, 2.45) is 0 Å². The average Bonchev–Trinajstić information content (AvgIpc) is 2.63. The number of nitrogens with one attached hydrogen (secondary N) is 3. The second-order valence-corrected chi connectivity index (χ2v) is 8.25. The largest absolute Gasteiger partial charge is 0.444 e. The molecule has 0 aliphatic carbocycles.